The van der Waals surface area contributed by atoms with Crippen LogP contribution in [-0.4, -0.2) is 68.0 Å². The fraction of sp³-hybridized carbons (Fsp3) is 0.722. The van der Waals surface area contributed by atoms with Crippen molar-refractivity contribution in [3.63, 3.8) is 0 Å². The Morgan fingerprint density at radius 3 is 2.50 bits per heavy atom. The second kappa shape index (κ2) is 11.1. The molecule has 0 spiro atoms. The third kappa shape index (κ3) is 5.95. The lowest BCUT2D eigenvalue weighted by molar-refractivity contribution is -0.0531. The van der Waals surface area contributed by atoms with Crippen LogP contribution in [0.1, 0.15) is 40.3 Å². The molecule has 2 rings (SSSR count). The van der Waals surface area contributed by atoms with E-state index in [1.807, 2.05) is 38.4 Å². The molecule has 1 saturated heterocycles. The minimum Gasteiger partial charge on any atom is -0.387 e. The van der Waals surface area contributed by atoms with Gasteiger partial charge in [-0.05, 0) is 27.7 Å². The first-order valence-corrected chi connectivity index (χ1v) is 10.8. The second-order valence-electron chi connectivity index (χ2n) is 7.41. The van der Waals surface area contributed by atoms with Crippen LogP contribution in [0, 0.1) is 11.3 Å². The van der Waals surface area contributed by atoms with Gasteiger partial charge < -0.3 is 24.0 Å². The van der Waals surface area contributed by atoms with E-state index in [1.165, 1.54) is 6.20 Å². The maximum Gasteiger partial charge on any atom is 0.330 e. The highest BCUT2D eigenvalue weighted by atomic mass is 31.2. The van der Waals surface area contributed by atoms with Gasteiger partial charge in [-0.2, -0.15) is 5.26 Å². The van der Waals surface area contributed by atoms with Crippen LogP contribution in [0.25, 0.3) is 0 Å². The Morgan fingerprint density at radius 1 is 1.27 bits per heavy atom. The van der Waals surface area contributed by atoms with Crippen molar-refractivity contribution in [3.8, 4) is 6.07 Å². The van der Waals surface area contributed by atoms with Gasteiger partial charge in [0, 0.05) is 24.3 Å². The normalized spacial score (nSPS) is 25.2. The fourth-order valence-electron chi connectivity index (χ4n) is 3.17. The van der Waals surface area contributed by atoms with E-state index in [-0.39, 0.29) is 31.7 Å². The molecule has 1 aliphatic heterocycles. The average Bonchev–Trinajstić information content (AvgIpc) is 2.94. The number of hydrogen-bond donors (Lipinski definition) is 3. The fourth-order valence-corrected chi connectivity index (χ4v) is 4.79. The summed E-state index contributed by atoms with van der Waals surface area (Å²) >= 11 is 0. The number of hydrogen-bond acceptors (Lipinski definition) is 9. The third-order valence-corrected chi connectivity index (χ3v) is 6.55. The van der Waals surface area contributed by atoms with Crippen molar-refractivity contribution in [3.05, 3.63) is 33.1 Å². The largest absolute Gasteiger partial charge is 0.387 e. The van der Waals surface area contributed by atoms with E-state index in [1.54, 1.807) is 0 Å². The molecular formula is C18H29N4O7P. The van der Waals surface area contributed by atoms with Gasteiger partial charge in [0.1, 0.15) is 18.3 Å². The van der Waals surface area contributed by atoms with Crippen molar-refractivity contribution in [1.82, 2.24) is 14.2 Å². The number of nitrogens with zero attached hydrogens (tertiary/aromatic N) is 3. The number of nitrogens with one attached hydrogen (secondary N) is 1. The van der Waals surface area contributed by atoms with Crippen LogP contribution in [0.15, 0.2) is 21.9 Å². The zero-order chi connectivity index (χ0) is 22.4. The quantitative estimate of drug-likeness (QED) is 0.345. The lowest BCUT2D eigenvalue weighted by Gasteiger charge is -2.36. The molecule has 168 valence electrons. The standard InChI is InChI=1S/C18H29N4O7P/c1-11(2)22(12(3)4)30(27-9-5-7-19)28-10-13-15(24)16(25)17(29-13)21-8-6-14(23)20-18(21)26/h6,8,11-13,15-17,24-25H,5,9-10H2,1-4H3,(H,20,23,26)/t13-,15-,16-,17-,30?/m1/s1. The first-order valence-electron chi connectivity index (χ1n) is 9.71. The molecule has 12 heteroatoms. The number of rotatable bonds is 10. The number of aliphatic hydroxyl groups is 2. The first-order chi connectivity index (χ1) is 14.2. The molecule has 0 amide bonds. The molecule has 1 aliphatic rings. The summed E-state index contributed by atoms with van der Waals surface area (Å²) in [5, 5.41) is 29.5. The Morgan fingerprint density at radius 2 is 1.93 bits per heavy atom. The maximum absolute atomic E-state index is 12.0. The Labute approximate surface area is 175 Å². The van der Waals surface area contributed by atoms with Crippen molar-refractivity contribution < 1.29 is 24.0 Å². The number of aliphatic hydroxyl groups excluding tert-OH is 2. The van der Waals surface area contributed by atoms with Crippen molar-refractivity contribution in [2.24, 2.45) is 0 Å². The summed E-state index contributed by atoms with van der Waals surface area (Å²) in [5.74, 6) is 0. The van der Waals surface area contributed by atoms with Crippen molar-refractivity contribution in [1.29, 1.82) is 5.26 Å². The minimum atomic E-state index is -1.55. The number of aromatic amines is 1. The average molecular weight is 444 g/mol. The van der Waals surface area contributed by atoms with Gasteiger partial charge in [-0.3, -0.25) is 14.3 Å². The third-order valence-electron chi connectivity index (χ3n) is 4.47. The Hall–Kier alpha value is -1.64. The van der Waals surface area contributed by atoms with Gasteiger partial charge in [0.05, 0.1) is 25.7 Å². The first kappa shape index (κ1) is 24.6. The molecule has 0 aromatic carbocycles. The smallest absolute Gasteiger partial charge is 0.330 e. The summed E-state index contributed by atoms with van der Waals surface area (Å²) in [6.07, 6.45) is -3.38. The molecule has 1 aromatic rings. The van der Waals surface area contributed by atoms with Crippen LogP contribution in [-0.2, 0) is 13.8 Å². The lowest BCUT2D eigenvalue weighted by atomic mass is 10.1. The molecule has 2 heterocycles. The van der Waals surface area contributed by atoms with Crippen LogP contribution in [0.2, 0.25) is 0 Å². The van der Waals surface area contributed by atoms with Gasteiger partial charge in [0.15, 0.2) is 6.23 Å². The Balaban J connectivity index is 2.11. The molecule has 0 saturated carbocycles. The summed E-state index contributed by atoms with van der Waals surface area (Å²) in [6, 6.07) is 3.35. The zero-order valence-corrected chi connectivity index (χ0v) is 18.4. The molecular weight excluding hydrogens is 415 g/mol. The molecule has 11 nitrogen and oxygen atoms in total. The molecule has 1 aromatic heterocycles. The van der Waals surface area contributed by atoms with Crippen LogP contribution in [0.5, 0.6) is 0 Å². The monoisotopic (exact) mass is 444 g/mol. The lowest BCUT2D eigenvalue weighted by Crippen LogP contribution is -2.38. The van der Waals surface area contributed by atoms with Gasteiger partial charge in [-0.1, -0.05) is 0 Å². The van der Waals surface area contributed by atoms with Gasteiger partial charge in [-0.25, -0.2) is 9.46 Å². The summed E-state index contributed by atoms with van der Waals surface area (Å²) in [6.45, 7) is 8.09. The highest BCUT2D eigenvalue weighted by Gasteiger charge is 2.45. The molecule has 0 radical (unpaired) electrons. The summed E-state index contributed by atoms with van der Waals surface area (Å²) in [4.78, 5) is 25.3. The van der Waals surface area contributed by atoms with Crippen LogP contribution >= 0.6 is 8.53 Å². The van der Waals surface area contributed by atoms with E-state index in [4.69, 9.17) is 19.0 Å². The molecule has 5 atom stereocenters. The van der Waals surface area contributed by atoms with Gasteiger partial charge in [-0.15, -0.1) is 0 Å². The molecule has 30 heavy (non-hydrogen) atoms. The van der Waals surface area contributed by atoms with Crippen LogP contribution in [0.4, 0.5) is 0 Å². The number of ether oxygens (including phenoxy) is 1. The maximum atomic E-state index is 12.0. The predicted molar refractivity (Wildman–Crippen MR) is 108 cm³/mol. The summed E-state index contributed by atoms with van der Waals surface area (Å²) in [5.41, 5.74) is -1.33. The van der Waals surface area contributed by atoms with Gasteiger partial charge in [0.25, 0.3) is 14.1 Å². The SMILES string of the molecule is CC(C)N(C(C)C)P(OCCC#N)OC[C@H]1O[C@@H](n2ccc(=O)[nH]c2=O)[C@H](O)[C@@H]1O. The van der Waals surface area contributed by atoms with E-state index in [9.17, 15) is 19.8 Å². The Kier molecular flexibility index (Phi) is 9.12. The van der Waals surface area contributed by atoms with Crippen LogP contribution < -0.4 is 11.2 Å². The number of aromatic nitrogens is 2. The number of nitriles is 1. The Bertz CT molecular complexity index is 829. The predicted octanol–water partition coefficient (Wildman–Crippen LogP) is 0.448. The van der Waals surface area contributed by atoms with E-state index in [0.717, 1.165) is 10.6 Å². The van der Waals surface area contributed by atoms with E-state index in [0.29, 0.717) is 0 Å². The molecule has 0 aliphatic carbocycles. The van der Waals surface area contributed by atoms with Gasteiger partial charge >= 0.3 is 5.69 Å². The molecule has 1 fully saturated rings. The molecule has 3 N–H and O–H groups in total. The van der Waals surface area contributed by atoms with E-state index >= 15 is 0 Å². The highest BCUT2D eigenvalue weighted by Crippen LogP contribution is 2.46. The zero-order valence-electron chi connectivity index (χ0n) is 17.5. The molecule has 1 unspecified atom stereocenters. The highest BCUT2D eigenvalue weighted by molar-refractivity contribution is 7.44. The summed E-state index contributed by atoms with van der Waals surface area (Å²) < 4.78 is 20.4. The van der Waals surface area contributed by atoms with Crippen molar-refractivity contribution in [2.45, 2.75) is 70.7 Å². The van der Waals surface area contributed by atoms with E-state index in [2.05, 4.69) is 4.98 Å². The summed E-state index contributed by atoms with van der Waals surface area (Å²) in [7, 11) is -1.55. The van der Waals surface area contributed by atoms with E-state index < -0.39 is 44.3 Å². The molecule has 0 bridgehead atoms. The topological polar surface area (TPSA) is 150 Å². The second-order valence-corrected chi connectivity index (χ2v) is 8.86. The minimum absolute atomic E-state index is 0.0962. The van der Waals surface area contributed by atoms with Crippen molar-refractivity contribution in [2.75, 3.05) is 13.2 Å². The number of H-pyrrole nitrogens is 1. The van der Waals surface area contributed by atoms with Crippen LogP contribution in [0.3, 0.4) is 0 Å². The van der Waals surface area contributed by atoms with Gasteiger partial charge in [0.2, 0.25) is 0 Å². The van der Waals surface area contributed by atoms with Crippen molar-refractivity contribution >= 4 is 8.53 Å².